The van der Waals surface area contributed by atoms with E-state index in [2.05, 4.69) is 39.9 Å². The van der Waals surface area contributed by atoms with Crippen LogP contribution in [0.5, 0.6) is 0 Å². The Hall–Kier alpha value is -7.44. The molecule has 0 fully saturated rings. The predicted molar refractivity (Wildman–Crippen MR) is 411 cm³/mol. The van der Waals surface area contributed by atoms with Crippen LogP contribution in [0.1, 0.15) is 126 Å². The molecule has 12 rings (SSSR count). The van der Waals surface area contributed by atoms with E-state index in [1.807, 2.05) is 82.3 Å². The molecular weight excluding hydrogens is 2250 g/mol. The van der Waals surface area contributed by atoms with Gasteiger partial charge >= 0.3 is 24.7 Å². The van der Waals surface area contributed by atoms with Gasteiger partial charge in [0.15, 0.2) is 0 Å². The van der Waals surface area contributed by atoms with Gasteiger partial charge in [0, 0.05) is 126 Å². The van der Waals surface area contributed by atoms with Gasteiger partial charge in [-0.05, 0) is 259 Å². The number of hydrogen-bond acceptors (Lipinski definition) is 16. The van der Waals surface area contributed by atoms with Gasteiger partial charge in [-0.25, -0.2) is 19.9 Å². The van der Waals surface area contributed by atoms with Crippen LogP contribution in [0.2, 0.25) is 0 Å². The Labute approximate surface area is 719 Å². The van der Waals surface area contributed by atoms with Crippen LogP contribution >= 0.6 is 0 Å². The van der Waals surface area contributed by atoms with Crippen LogP contribution in [0.3, 0.4) is 0 Å². The van der Waals surface area contributed by atoms with Gasteiger partial charge in [0.2, 0.25) is 0 Å². The minimum Gasteiger partial charge on any atom is -0.393 e. The topological polar surface area (TPSA) is 265 Å². The Morgan fingerprint density at radius 2 is 0.586 bits per heavy atom. The average molecular weight is 2340 g/mol. The smallest absolute Gasteiger partial charge is 0.393 e. The molecule has 8 atom stereocenters. The fraction of sp³-hybridized carbons (Fsp3) is 0.333. The Morgan fingerprint density at radius 1 is 0.276 bits per heavy atom. The molecular formula is C84H92F12Ir4N8O8. The third-order valence-corrected chi connectivity index (χ3v) is 15.5. The van der Waals surface area contributed by atoms with Crippen molar-refractivity contribution in [3.8, 4) is 45.6 Å². The predicted octanol–water partition coefficient (Wildman–Crippen LogP) is 19.0. The number of benzene rings is 4. The molecule has 0 aliphatic rings. The first kappa shape index (κ1) is 107. The summed E-state index contributed by atoms with van der Waals surface area (Å²) in [7, 11) is 0. The standard InChI is InChI=1S/4C16H11F3N2.4C5H12O2.4Ir/c1-10-2-5-14(20-9-10)15-6-3-11-8-12(16(17,18)19)4-7-13(11)21-15;1-10-6-7-20-15(8-10)14-4-2-11-9-12(16(17,18)19)3-5-13(11)21-14;1-10-3-2-8-20-15(10)14-6-4-11-9-12(16(17,18)19)5-7-13(11)21-14;1-10-3-2-4-14(20-10)15-7-5-11-9-12(16(17,18)19)6-8-13(11)21-15;4*1-4(6)3-5(2)7;;;;/h4*2-9H,1H3;4*4-7H,3H2,1-2H3;;;;. The maximum Gasteiger partial charge on any atom is 0.416 e. The molecule has 0 aliphatic carbocycles. The summed E-state index contributed by atoms with van der Waals surface area (Å²) in [5.41, 5.74) is 8.74. The first-order valence-electron chi connectivity index (χ1n) is 35.3. The molecule has 0 saturated heterocycles. The number of halogens is 12. The molecule has 0 aliphatic heterocycles. The van der Waals surface area contributed by atoms with E-state index in [1.54, 1.807) is 123 Å². The number of hydrogen-bond donors (Lipinski definition) is 8. The molecule has 0 saturated carbocycles. The Bertz CT molecular complexity index is 4710. The SMILES string of the molecule is CC(O)CC(C)O.CC(O)CC(C)O.CC(O)CC(C)O.CC(O)CC(C)O.Cc1ccc(-c2ccc3cc(C(F)(F)F)ccc3n2)nc1.Cc1cccc(-c2ccc3cc(C(F)(F)F)ccc3n2)n1.Cc1cccnc1-c1ccc2cc(C(F)(F)F)ccc2n1.Cc1ccnc(-c2ccc3cc(C(F)(F)F)ccc3n2)c1.[Ir].[Ir].[Ir].[Ir]. The summed E-state index contributed by atoms with van der Waals surface area (Å²) in [6.45, 7) is 20.9. The third kappa shape index (κ3) is 37.7. The van der Waals surface area contributed by atoms with Crippen molar-refractivity contribution in [2.75, 3.05) is 0 Å². The maximum atomic E-state index is 12.7. The second-order valence-corrected chi connectivity index (χ2v) is 26.9. The van der Waals surface area contributed by atoms with Gasteiger partial charge in [-0.2, -0.15) is 52.7 Å². The molecule has 0 amide bonds. The molecule has 636 valence electrons. The van der Waals surface area contributed by atoms with Crippen molar-refractivity contribution in [3.05, 3.63) is 239 Å². The molecule has 4 aromatic carbocycles. The van der Waals surface area contributed by atoms with E-state index in [4.69, 9.17) is 40.9 Å². The Kier molecular flexibility index (Phi) is 45.8. The molecule has 12 aromatic rings. The van der Waals surface area contributed by atoms with E-state index in [1.165, 1.54) is 24.3 Å². The number of nitrogens with zero attached hydrogens (tertiary/aromatic N) is 8. The van der Waals surface area contributed by atoms with Gasteiger partial charge in [-0.15, -0.1) is 0 Å². The summed E-state index contributed by atoms with van der Waals surface area (Å²) in [6, 6.07) is 44.3. The van der Waals surface area contributed by atoms with Crippen LogP contribution < -0.4 is 0 Å². The quantitative estimate of drug-likeness (QED) is 0.0529. The largest absolute Gasteiger partial charge is 0.416 e. The number of fused-ring (bicyclic) bond motifs is 4. The fourth-order valence-electron chi connectivity index (χ4n) is 10.5. The minimum atomic E-state index is -4.34. The van der Waals surface area contributed by atoms with E-state index in [0.717, 1.165) is 76.6 Å². The van der Waals surface area contributed by atoms with Crippen LogP contribution in [0, 0.1) is 27.7 Å². The molecule has 4 radical (unpaired) electrons. The third-order valence-electron chi connectivity index (χ3n) is 15.5. The van der Waals surface area contributed by atoms with Gasteiger partial charge < -0.3 is 40.9 Å². The number of rotatable bonds is 12. The maximum absolute atomic E-state index is 12.7. The molecule has 0 bridgehead atoms. The fourth-order valence-corrected chi connectivity index (χ4v) is 10.5. The van der Waals surface area contributed by atoms with Gasteiger partial charge in [0.05, 0.1) is 139 Å². The van der Waals surface area contributed by atoms with Crippen LogP contribution in [-0.2, 0) is 105 Å². The number of aromatic nitrogens is 8. The van der Waals surface area contributed by atoms with Gasteiger partial charge in [-0.3, -0.25) is 19.9 Å². The zero-order valence-electron chi connectivity index (χ0n) is 64.9. The Morgan fingerprint density at radius 3 is 0.879 bits per heavy atom. The summed E-state index contributed by atoms with van der Waals surface area (Å²) < 4.78 is 152. The van der Waals surface area contributed by atoms with Crippen LogP contribution in [0.15, 0.2) is 195 Å². The molecule has 8 heterocycles. The number of pyridine rings is 8. The van der Waals surface area contributed by atoms with Crippen molar-refractivity contribution in [2.45, 2.75) is 182 Å². The molecule has 0 spiro atoms. The monoisotopic (exact) mass is 2340 g/mol. The average Bonchev–Trinajstić information content (AvgIpc) is 0.814. The zero-order valence-corrected chi connectivity index (χ0v) is 74.5. The summed E-state index contributed by atoms with van der Waals surface area (Å²) in [6.07, 6.45) is -13.4. The first-order valence-corrected chi connectivity index (χ1v) is 35.3. The summed E-state index contributed by atoms with van der Waals surface area (Å²) in [5, 5.41) is 70.3. The van der Waals surface area contributed by atoms with E-state index >= 15 is 0 Å². The van der Waals surface area contributed by atoms with Crippen LogP contribution in [0.25, 0.3) is 89.2 Å². The minimum absolute atomic E-state index is 0. The molecule has 116 heavy (non-hydrogen) atoms. The molecule has 8 unspecified atom stereocenters. The van der Waals surface area contributed by atoms with E-state index < -0.39 is 47.0 Å². The number of aliphatic hydroxyl groups is 8. The zero-order chi connectivity index (χ0) is 83.6. The van der Waals surface area contributed by atoms with E-state index in [-0.39, 0.29) is 129 Å². The second kappa shape index (κ2) is 49.8. The first-order chi connectivity index (χ1) is 52.2. The van der Waals surface area contributed by atoms with E-state index in [9.17, 15) is 52.7 Å². The molecule has 8 aromatic heterocycles. The molecule has 8 N–H and O–H groups in total. The molecule has 32 heteroatoms. The van der Waals surface area contributed by atoms with Crippen molar-refractivity contribution in [1.82, 2.24) is 39.9 Å². The summed E-state index contributed by atoms with van der Waals surface area (Å²) >= 11 is 0. The molecule has 16 nitrogen and oxygen atoms in total. The van der Waals surface area contributed by atoms with Gasteiger partial charge in [0.25, 0.3) is 0 Å². The van der Waals surface area contributed by atoms with Gasteiger partial charge in [-0.1, -0.05) is 42.5 Å². The van der Waals surface area contributed by atoms with Crippen molar-refractivity contribution in [1.29, 1.82) is 0 Å². The second-order valence-electron chi connectivity index (χ2n) is 26.9. The number of alkyl halides is 12. The van der Waals surface area contributed by atoms with E-state index in [0.29, 0.717) is 109 Å². The van der Waals surface area contributed by atoms with Crippen molar-refractivity contribution < 1.29 is 174 Å². The normalized spacial score (nSPS) is 13.1. The number of aliphatic hydroxyl groups excluding tert-OH is 8. The number of aryl methyl sites for hydroxylation is 4. The Balaban J connectivity index is 0.000000689. The van der Waals surface area contributed by atoms with Crippen molar-refractivity contribution in [2.24, 2.45) is 0 Å². The van der Waals surface area contributed by atoms with Crippen molar-refractivity contribution >= 4 is 43.6 Å². The van der Waals surface area contributed by atoms with Crippen LogP contribution in [0.4, 0.5) is 52.7 Å². The van der Waals surface area contributed by atoms with Crippen LogP contribution in [-0.4, -0.2) is 130 Å². The van der Waals surface area contributed by atoms with Gasteiger partial charge in [0.1, 0.15) is 0 Å². The summed E-state index contributed by atoms with van der Waals surface area (Å²) in [5.74, 6) is 0. The van der Waals surface area contributed by atoms with Crippen molar-refractivity contribution in [3.63, 3.8) is 0 Å². The summed E-state index contributed by atoms with van der Waals surface area (Å²) in [4.78, 5) is 34.7.